The summed E-state index contributed by atoms with van der Waals surface area (Å²) in [7, 11) is -3.74. The Bertz CT molecular complexity index is 534. The molecule has 1 atom stereocenters. The zero-order valence-corrected chi connectivity index (χ0v) is 11.8. The second-order valence-corrected chi connectivity index (χ2v) is 6.19. The van der Waals surface area contributed by atoms with Crippen LogP contribution in [0.3, 0.4) is 0 Å². The lowest BCUT2D eigenvalue weighted by molar-refractivity contribution is 0.154. The third-order valence-electron chi connectivity index (χ3n) is 2.81. The fourth-order valence-electron chi connectivity index (χ4n) is 1.63. The topological polar surface area (TPSA) is 83.6 Å². The molecule has 3 N–H and O–H groups in total. The molecule has 0 saturated heterocycles. The zero-order chi connectivity index (χ0) is 14.6. The molecule has 0 spiro atoms. The molecule has 0 bridgehead atoms. The average molecular weight is 290 g/mol. The van der Waals surface area contributed by atoms with Crippen molar-refractivity contribution < 1.29 is 17.9 Å². The van der Waals surface area contributed by atoms with Crippen LogP contribution in [0.1, 0.15) is 12.5 Å². The van der Waals surface area contributed by atoms with Crippen LogP contribution in [0.25, 0.3) is 0 Å². The van der Waals surface area contributed by atoms with Crippen molar-refractivity contribution in [3.8, 4) is 0 Å². The van der Waals surface area contributed by atoms with Gasteiger partial charge in [0.15, 0.2) is 0 Å². The van der Waals surface area contributed by atoms with Gasteiger partial charge in [-0.25, -0.2) is 12.8 Å². The molecular formula is C12H19FN2O3S. The van der Waals surface area contributed by atoms with Gasteiger partial charge in [0.05, 0.1) is 11.0 Å². The number of benzene rings is 1. The number of nitrogens with zero attached hydrogens (tertiary/aromatic N) is 1. The fraction of sp³-hybridized carbons (Fsp3) is 0.500. The van der Waals surface area contributed by atoms with Crippen molar-refractivity contribution in [3.05, 3.63) is 29.6 Å². The summed E-state index contributed by atoms with van der Waals surface area (Å²) in [5.74, 6) is -0.455. The third kappa shape index (κ3) is 3.73. The number of aliphatic hydroxyl groups excluding tert-OH is 1. The van der Waals surface area contributed by atoms with Gasteiger partial charge in [-0.1, -0.05) is 6.92 Å². The van der Waals surface area contributed by atoms with Gasteiger partial charge in [0.1, 0.15) is 5.82 Å². The molecule has 108 valence electrons. The summed E-state index contributed by atoms with van der Waals surface area (Å²) < 4.78 is 39.0. The van der Waals surface area contributed by atoms with E-state index in [4.69, 9.17) is 5.73 Å². The monoisotopic (exact) mass is 290 g/mol. The van der Waals surface area contributed by atoms with E-state index in [9.17, 15) is 17.9 Å². The van der Waals surface area contributed by atoms with Gasteiger partial charge in [0.2, 0.25) is 10.0 Å². The first-order valence-corrected chi connectivity index (χ1v) is 7.41. The molecule has 1 aromatic rings. The standard InChI is InChI=1S/C12H19FN2O3S/c1-3-15(8-10(16)7-14)19(17,18)11-4-5-12(13)9(2)6-11/h4-6,10,16H,3,7-8,14H2,1-2H3. The van der Waals surface area contributed by atoms with Crippen LogP contribution < -0.4 is 5.73 Å². The molecule has 0 radical (unpaired) electrons. The smallest absolute Gasteiger partial charge is 0.243 e. The second-order valence-electron chi connectivity index (χ2n) is 4.26. The number of nitrogens with two attached hydrogens (primary N) is 1. The highest BCUT2D eigenvalue weighted by atomic mass is 32.2. The van der Waals surface area contributed by atoms with E-state index in [2.05, 4.69) is 0 Å². The van der Waals surface area contributed by atoms with Crippen molar-refractivity contribution in [2.45, 2.75) is 24.8 Å². The van der Waals surface area contributed by atoms with Crippen LogP contribution in [0.4, 0.5) is 4.39 Å². The molecule has 0 fully saturated rings. The van der Waals surface area contributed by atoms with Crippen LogP contribution in [0.5, 0.6) is 0 Å². The van der Waals surface area contributed by atoms with E-state index in [0.717, 1.165) is 10.4 Å². The van der Waals surface area contributed by atoms with Crippen LogP contribution >= 0.6 is 0 Å². The first-order valence-electron chi connectivity index (χ1n) is 5.97. The maximum absolute atomic E-state index is 13.2. The van der Waals surface area contributed by atoms with Crippen LogP contribution in [-0.2, 0) is 10.0 Å². The zero-order valence-electron chi connectivity index (χ0n) is 11.0. The second kappa shape index (κ2) is 6.42. The van der Waals surface area contributed by atoms with Gasteiger partial charge in [-0.15, -0.1) is 0 Å². The van der Waals surface area contributed by atoms with Crippen LogP contribution in [0.15, 0.2) is 23.1 Å². The fourth-order valence-corrected chi connectivity index (χ4v) is 3.21. The Morgan fingerprint density at radius 3 is 2.58 bits per heavy atom. The quantitative estimate of drug-likeness (QED) is 0.797. The molecule has 0 aliphatic rings. The molecule has 19 heavy (non-hydrogen) atoms. The lowest BCUT2D eigenvalue weighted by Crippen LogP contribution is -2.40. The number of sulfonamides is 1. The molecule has 0 aliphatic carbocycles. The normalized spacial score (nSPS) is 13.8. The third-order valence-corrected chi connectivity index (χ3v) is 4.74. The van der Waals surface area contributed by atoms with E-state index >= 15 is 0 Å². The van der Waals surface area contributed by atoms with E-state index in [-0.39, 0.29) is 30.1 Å². The minimum Gasteiger partial charge on any atom is -0.390 e. The summed E-state index contributed by atoms with van der Waals surface area (Å²) in [5, 5.41) is 9.48. The van der Waals surface area contributed by atoms with Crippen LogP contribution in [0, 0.1) is 12.7 Å². The molecule has 0 amide bonds. The van der Waals surface area contributed by atoms with E-state index in [1.54, 1.807) is 6.92 Å². The molecule has 7 heteroatoms. The predicted molar refractivity (Wildman–Crippen MR) is 70.6 cm³/mol. The highest BCUT2D eigenvalue weighted by Crippen LogP contribution is 2.18. The summed E-state index contributed by atoms with van der Waals surface area (Å²) in [6.45, 7) is 3.27. The number of likely N-dealkylation sites (N-methyl/N-ethyl adjacent to an activating group) is 1. The van der Waals surface area contributed by atoms with Gasteiger partial charge in [0, 0.05) is 19.6 Å². The lowest BCUT2D eigenvalue weighted by Gasteiger charge is -2.23. The molecule has 0 aromatic heterocycles. The molecule has 0 saturated carbocycles. The van der Waals surface area contributed by atoms with Gasteiger partial charge in [-0.2, -0.15) is 4.31 Å². The minimum absolute atomic E-state index is 0.0115. The van der Waals surface area contributed by atoms with E-state index in [1.807, 2.05) is 0 Å². The SMILES string of the molecule is CCN(CC(O)CN)S(=O)(=O)c1ccc(F)c(C)c1. The van der Waals surface area contributed by atoms with Crippen molar-refractivity contribution in [2.24, 2.45) is 5.73 Å². The maximum atomic E-state index is 13.2. The Labute approximate surface area is 112 Å². The number of hydrogen-bond acceptors (Lipinski definition) is 4. The van der Waals surface area contributed by atoms with E-state index < -0.39 is 21.9 Å². The lowest BCUT2D eigenvalue weighted by atomic mass is 10.2. The van der Waals surface area contributed by atoms with Crippen molar-refractivity contribution in [3.63, 3.8) is 0 Å². The molecule has 1 unspecified atom stereocenters. The molecule has 0 heterocycles. The maximum Gasteiger partial charge on any atom is 0.243 e. The molecule has 1 aromatic carbocycles. The van der Waals surface area contributed by atoms with Crippen molar-refractivity contribution in [1.29, 1.82) is 0 Å². The predicted octanol–water partition coefficient (Wildman–Crippen LogP) is 0.464. The van der Waals surface area contributed by atoms with Gasteiger partial charge < -0.3 is 10.8 Å². The Hall–Kier alpha value is -1.02. The van der Waals surface area contributed by atoms with Crippen molar-refractivity contribution >= 4 is 10.0 Å². The van der Waals surface area contributed by atoms with E-state index in [0.29, 0.717) is 0 Å². The van der Waals surface area contributed by atoms with Gasteiger partial charge in [0.25, 0.3) is 0 Å². The minimum atomic E-state index is -3.74. The summed E-state index contributed by atoms with van der Waals surface area (Å²) in [6.07, 6.45) is -0.920. The van der Waals surface area contributed by atoms with Crippen molar-refractivity contribution in [1.82, 2.24) is 4.31 Å². The van der Waals surface area contributed by atoms with Crippen LogP contribution in [0.2, 0.25) is 0 Å². The molecule has 5 nitrogen and oxygen atoms in total. The van der Waals surface area contributed by atoms with Gasteiger partial charge in [-0.05, 0) is 30.7 Å². The number of halogens is 1. The highest BCUT2D eigenvalue weighted by molar-refractivity contribution is 7.89. The molecule has 0 aliphatic heterocycles. The Kier molecular flexibility index (Phi) is 5.42. The number of aryl methyl sites for hydroxylation is 1. The van der Waals surface area contributed by atoms with E-state index in [1.165, 1.54) is 19.1 Å². The summed E-state index contributed by atoms with van der Waals surface area (Å²) in [4.78, 5) is 0.0115. The number of hydrogen-bond donors (Lipinski definition) is 2. The first kappa shape index (κ1) is 16.0. The van der Waals surface area contributed by atoms with Gasteiger partial charge in [-0.3, -0.25) is 0 Å². The van der Waals surface area contributed by atoms with Crippen LogP contribution in [-0.4, -0.2) is 43.6 Å². The molecule has 1 rings (SSSR count). The Balaban J connectivity index is 3.09. The number of rotatable bonds is 6. The summed E-state index contributed by atoms with van der Waals surface area (Å²) in [5.41, 5.74) is 5.54. The van der Waals surface area contributed by atoms with Crippen molar-refractivity contribution in [2.75, 3.05) is 19.6 Å². The Morgan fingerprint density at radius 2 is 2.11 bits per heavy atom. The largest absolute Gasteiger partial charge is 0.390 e. The average Bonchev–Trinajstić information content (AvgIpc) is 2.38. The number of aliphatic hydroxyl groups is 1. The Morgan fingerprint density at radius 1 is 1.47 bits per heavy atom. The summed E-state index contributed by atoms with van der Waals surface area (Å²) in [6, 6.07) is 3.62. The highest BCUT2D eigenvalue weighted by Gasteiger charge is 2.25. The first-order chi connectivity index (χ1) is 8.82. The molecular weight excluding hydrogens is 271 g/mol. The summed E-state index contributed by atoms with van der Waals surface area (Å²) >= 11 is 0. The van der Waals surface area contributed by atoms with Gasteiger partial charge >= 0.3 is 0 Å².